The summed E-state index contributed by atoms with van der Waals surface area (Å²) < 4.78 is 58.1. The van der Waals surface area contributed by atoms with Crippen LogP contribution in [0.25, 0.3) is 0 Å². The lowest BCUT2D eigenvalue weighted by molar-refractivity contribution is 0.296. The molecule has 0 aliphatic carbocycles. The predicted molar refractivity (Wildman–Crippen MR) is 120 cm³/mol. The van der Waals surface area contributed by atoms with Gasteiger partial charge >= 0.3 is 0 Å². The van der Waals surface area contributed by atoms with Gasteiger partial charge in [0.25, 0.3) is 0 Å². The van der Waals surface area contributed by atoms with Crippen LogP contribution in [0.2, 0.25) is 0 Å². The van der Waals surface area contributed by atoms with Gasteiger partial charge in [-0.15, -0.1) is 0 Å². The van der Waals surface area contributed by atoms with Crippen molar-refractivity contribution in [3.05, 3.63) is 78.1 Å². The number of aryl methyl sites for hydroxylation is 1. The topological polar surface area (TPSA) is 84.7 Å². The Kier molecular flexibility index (Phi) is 6.30. The van der Waals surface area contributed by atoms with E-state index in [9.17, 15) is 16.8 Å². The van der Waals surface area contributed by atoms with Crippen molar-refractivity contribution in [1.29, 1.82) is 0 Å². The zero-order chi connectivity index (χ0) is 22.1. The molecular weight excluding hydrogens is 454 g/mol. The minimum atomic E-state index is -3.90. The third-order valence-corrected chi connectivity index (χ3v) is 9.74. The minimum absolute atomic E-state index is 0.00908. The van der Waals surface area contributed by atoms with Gasteiger partial charge < -0.3 is 4.42 Å². The smallest absolute Gasteiger partial charge is 0.243 e. The maximum absolute atomic E-state index is 13.4. The van der Waals surface area contributed by atoms with Gasteiger partial charge in [-0.05, 0) is 49.7 Å². The Morgan fingerprint density at radius 3 is 2.39 bits per heavy atom. The Labute approximate surface area is 187 Å². The van der Waals surface area contributed by atoms with Crippen LogP contribution in [0.1, 0.15) is 17.7 Å². The third-order valence-electron chi connectivity index (χ3n) is 5.15. The molecule has 1 aliphatic rings. The molecule has 164 valence electrons. The Morgan fingerprint density at radius 2 is 1.74 bits per heavy atom. The van der Waals surface area contributed by atoms with Gasteiger partial charge in [0, 0.05) is 10.9 Å². The molecule has 0 unspecified atom stereocenters. The van der Waals surface area contributed by atoms with Gasteiger partial charge in [0.1, 0.15) is 5.76 Å². The quantitative estimate of drug-likeness (QED) is 0.509. The standard InChI is InChI=1S/C22H23NO5S3/c1-17-7-10-21(11-8-17)31(26,27)23(18-13-14-30(24,25)16-18)15-19-9-12-22(28-19)29-20-5-3-2-4-6-20/h2-12,18H,13-16H2,1H3/t18-/m0/s1. The maximum Gasteiger partial charge on any atom is 0.243 e. The van der Waals surface area contributed by atoms with Gasteiger partial charge in [-0.2, -0.15) is 4.31 Å². The number of benzene rings is 2. The van der Waals surface area contributed by atoms with Crippen LogP contribution in [-0.4, -0.2) is 38.7 Å². The molecule has 2 heterocycles. The van der Waals surface area contributed by atoms with Crippen LogP contribution in [0.3, 0.4) is 0 Å². The van der Waals surface area contributed by atoms with Crippen LogP contribution in [-0.2, 0) is 26.4 Å². The highest BCUT2D eigenvalue weighted by Gasteiger charge is 2.39. The largest absolute Gasteiger partial charge is 0.453 e. The number of sulfonamides is 1. The number of furan rings is 1. The SMILES string of the molecule is Cc1ccc(S(=O)(=O)N(Cc2ccc(Sc3ccccc3)o2)[C@H]2CCS(=O)(=O)C2)cc1. The zero-order valence-corrected chi connectivity index (χ0v) is 19.4. The van der Waals surface area contributed by atoms with E-state index in [0.29, 0.717) is 10.9 Å². The highest BCUT2D eigenvalue weighted by Crippen LogP contribution is 2.32. The number of nitrogens with zero attached hydrogens (tertiary/aromatic N) is 1. The molecule has 3 aromatic rings. The lowest BCUT2D eigenvalue weighted by Gasteiger charge is -2.26. The zero-order valence-electron chi connectivity index (χ0n) is 17.0. The van der Waals surface area contributed by atoms with Crippen LogP contribution in [0.5, 0.6) is 0 Å². The first kappa shape index (κ1) is 22.1. The van der Waals surface area contributed by atoms with Gasteiger partial charge in [0.2, 0.25) is 10.0 Å². The second kappa shape index (κ2) is 8.82. The first-order valence-electron chi connectivity index (χ1n) is 9.83. The second-order valence-corrected chi connectivity index (χ2v) is 12.8. The van der Waals surface area contributed by atoms with Gasteiger partial charge in [-0.1, -0.05) is 47.7 Å². The number of rotatable bonds is 7. The molecule has 1 fully saturated rings. The molecule has 0 radical (unpaired) electrons. The van der Waals surface area contributed by atoms with E-state index in [1.807, 2.05) is 37.3 Å². The summed E-state index contributed by atoms with van der Waals surface area (Å²) in [6.07, 6.45) is 0.278. The summed E-state index contributed by atoms with van der Waals surface area (Å²) >= 11 is 1.44. The Morgan fingerprint density at radius 1 is 1.03 bits per heavy atom. The van der Waals surface area contributed by atoms with Gasteiger partial charge in [-0.25, -0.2) is 16.8 Å². The van der Waals surface area contributed by atoms with Crippen LogP contribution < -0.4 is 0 Å². The van der Waals surface area contributed by atoms with E-state index in [4.69, 9.17) is 4.42 Å². The van der Waals surface area contributed by atoms with Crippen molar-refractivity contribution < 1.29 is 21.3 Å². The highest BCUT2D eigenvalue weighted by molar-refractivity contribution is 7.99. The van der Waals surface area contributed by atoms with Crippen molar-refractivity contribution in [3.63, 3.8) is 0 Å². The molecule has 1 atom stereocenters. The summed E-state index contributed by atoms with van der Waals surface area (Å²) in [5, 5.41) is 0.646. The van der Waals surface area contributed by atoms with Crippen molar-refractivity contribution in [3.8, 4) is 0 Å². The number of hydrogen-bond donors (Lipinski definition) is 0. The summed E-state index contributed by atoms with van der Waals surface area (Å²) in [5.41, 5.74) is 0.947. The van der Waals surface area contributed by atoms with E-state index in [1.165, 1.54) is 16.1 Å². The summed E-state index contributed by atoms with van der Waals surface area (Å²) in [7, 11) is -7.16. The molecule has 6 nitrogen and oxygen atoms in total. The molecule has 1 aliphatic heterocycles. The second-order valence-electron chi connectivity index (χ2n) is 7.56. The first-order chi connectivity index (χ1) is 14.7. The molecule has 0 N–H and O–H groups in total. The lowest BCUT2D eigenvalue weighted by atomic mass is 10.2. The Hall–Kier alpha value is -2.07. The molecule has 1 aromatic heterocycles. The first-order valence-corrected chi connectivity index (χ1v) is 13.9. The van der Waals surface area contributed by atoms with E-state index >= 15 is 0 Å². The van der Waals surface area contributed by atoms with Gasteiger partial charge in [0.05, 0.1) is 22.9 Å². The lowest BCUT2D eigenvalue weighted by Crippen LogP contribution is -2.40. The molecule has 0 bridgehead atoms. The average molecular weight is 478 g/mol. The Bertz CT molecular complexity index is 1250. The molecule has 0 amide bonds. The van der Waals surface area contributed by atoms with Crippen LogP contribution >= 0.6 is 11.8 Å². The molecular formula is C22H23NO5S3. The maximum atomic E-state index is 13.4. The molecule has 2 aromatic carbocycles. The summed E-state index contributed by atoms with van der Waals surface area (Å²) in [6.45, 7) is 1.86. The van der Waals surface area contributed by atoms with Crippen molar-refractivity contribution >= 4 is 31.6 Å². The third kappa shape index (κ3) is 5.23. The molecule has 0 saturated carbocycles. The van der Waals surface area contributed by atoms with E-state index in [-0.39, 0.29) is 29.4 Å². The van der Waals surface area contributed by atoms with E-state index in [0.717, 1.165) is 10.5 Å². The van der Waals surface area contributed by atoms with Gasteiger partial charge in [0.15, 0.2) is 14.9 Å². The fourth-order valence-corrected chi connectivity index (χ4v) is 7.77. The average Bonchev–Trinajstić information content (AvgIpc) is 3.32. The Balaban J connectivity index is 1.62. The van der Waals surface area contributed by atoms with Gasteiger partial charge in [-0.3, -0.25) is 0 Å². The predicted octanol–water partition coefficient (Wildman–Crippen LogP) is 4.12. The van der Waals surface area contributed by atoms with Crippen molar-refractivity contribution in [2.24, 2.45) is 0 Å². The summed E-state index contributed by atoms with van der Waals surface area (Å²) in [4.78, 5) is 1.15. The van der Waals surface area contributed by atoms with Crippen molar-refractivity contribution in [2.75, 3.05) is 11.5 Å². The van der Waals surface area contributed by atoms with Crippen LogP contribution in [0.15, 0.2) is 86.0 Å². The van der Waals surface area contributed by atoms with Crippen molar-refractivity contribution in [2.45, 2.75) is 40.8 Å². The fourth-order valence-electron chi connectivity index (χ4n) is 3.51. The van der Waals surface area contributed by atoms with Crippen LogP contribution in [0.4, 0.5) is 0 Å². The van der Waals surface area contributed by atoms with E-state index < -0.39 is 25.9 Å². The normalized spacial score (nSPS) is 18.5. The monoisotopic (exact) mass is 477 g/mol. The highest BCUT2D eigenvalue weighted by atomic mass is 32.2. The minimum Gasteiger partial charge on any atom is -0.453 e. The van der Waals surface area contributed by atoms with E-state index in [2.05, 4.69) is 0 Å². The van der Waals surface area contributed by atoms with Crippen LogP contribution in [0, 0.1) is 6.92 Å². The molecule has 1 saturated heterocycles. The molecule has 4 rings (SSSR count). The molecule has 9 heteroatoms. The number of sulfone groups is 1. The summed E-state index contributed by atoms with van der Waals surface area (Å²) in [6, 6.07) is 19.2. The molecule has 0 spiro atoms. The molecule has 31 heavy (non-hydrogen) atoms. The fraction of sp³-hybridized carbons (Fsp3) is 0.273. The van der Waals surface area contributed by atoms with Crippen molar-refractivity contribution in [1.82, 2.24) is 4.31 Å². The number of hydrogen-bond acceptors (Lipinski definition) is 6. The summed E-state index contributed by atoms with van der Waals surface area (Å²) in [5.74, 6) is 0.286. The van der Waals surface area contributed by atoms with E-state index in [1.54, 1.807) is 36.4 Å².